The molecule has 1 N–H and O–H groups in total. The number of aliphatic hydroxyl groups excluding tert-OH is 1. The maximum Gasteiger partial charge on any atom is 0.247 e. The lowest BCUT2D eigenvalue weighted by molar-refractivity contribution is -0.144. The van der Waals surface area contributed by atoms with Crippen LogP contribution in [0.1, 0.15) is 24.8 Å². The van der Waals surface area contributed by atoms with E-state index >= 15 is 0 Å². The van der Waals surface area contributed by atoms with E-state index in [1.165, 1.54) is 0 Å². The first-order valence-electron chi connectivity index (χ1n) is 15.4. The Balaban J connectivity index is 1.29. The number of likely N-dealkylation sites (tertiary alicyclic amines) is 1. The van der Waals surface area contributed by atoms with E-state index in [0.29, 0.717) is 58.8 Å². The zero-order chi connectivity index (χ0) is 29.1. The second-order valence-electron chi connectivity index (χ2n) is 11.9. The van der Waals surface area contributed by atoms with E-state index in [1.807, 2.05) is 40.1 Å². The largest absolute Gasteiger partial charge is 0.396 e. The molecule has 0 saturated carbocycles. The highest BCUT2D eigenvalue weighted by Gasteiger charge is 2.70. The molecule has 1 spiro atoms. The number of carbonyl (C=O) groups excluding carboxylic acids is 3. The molecule has 9 nitrogen and oxygen atoms in total. The number of hydrogen-bond donors (Lipinski definition) is 1. The van der Waals surface area contributed by atoms with Crippen LogP contribution in [-0.2, 0) is 25.7 Å². The molecule has 0 aliphatic carbocycles. The van der Waals surface area contributed by atoms with Gasteiger partial charge in [0.15, 0.2) is 0 Å². The number of morpholine rings is 1. The number of aliphatic hydroxyl groups is 1. The maximum atomic E-state index is 14.4. The molecule has 6 rings (SSSR count). The van der Waals surface area contributed by atoms with Gasteiger partial charge in [-0.15, -0.1) is 11.8 Å². The molecule has 0 bridgehead atoms. The second kappa shape index (κ2) is 12.9. The van der Waals surface area contributed by atoms with Gasteiger partial charge in [0.1, 0.15) is 6.04 Å². The average Bonchev–Trinajstić information content (AvgIpc) is 3.33. The van der Waals surface area contributed by atoms with Crippen molar-refractivity contribution < 1.29 is 24.2 Å². The Bertz CT molecular complexity index is 1200. The van der Waals surface area contributed by atoms with Crippen LogP contribution in [0.15, 0.2) is 54.6 Å². The summed E-state index contributed by atoms with van der Waals surface area (Å²) >= 11 is 1.64. The minimum atomic E-state index is -0.788. The van der Waals surface area contributed by atoms with Gasteiger partial charge in [-0.2, -0.15) is 0 Å². The van der Waals surface area contributed by atoms with E-state index < -0.39 is 22.6 Å². The summed E-state index contributed by atoms with van der Waals surface area (Å²) in [6.07, 6.45) is 10.5. The predicted octanol–water partition coefficient (Wildman–Crippen LogP) is 1.78. The fourth-order valence-corrected chi connectivity index (χ4v) is 9.29. The summed E-state index contributed by atoms with van der Waals surface area (Å²) < 4.78 is 4.70. The van der Waals surface area contributed by atoms with Crippen LogP contribution in [-0.4, -0.2) is 124 Å². The molecule has 3 saturated heterocycles. The van der Waals surface area contributed by atoms with Crippen molar-refractivity contribution in [2.75, 3.05) is 65.6 Å². The lowest BCUT2D eigenvalue weighted by Gasteiger charge is -2.36. The Morgan fingerprint density at radius 2 is 1.67 bits per heavy atom. The molecule has 1 aromatic rings. The van der Waals surface area contributed by atoms with Gasteiger partial charge in [0.2, 0.25) is 17.7 Å². The smallest absolute Gasteiger partial charge is 0.247 e. The van der Waals surface area contributed by atoms with Gasteiger partial charge in [0.05, 0.1) is 29.8 Å². The van der Waals surface area contributed by atoms with Gasteiger partial charge < -0.3 is 24.5 Å². The Morgan fingerprint density at radius 1 is 0.881 bits per heavy atom. The molecule has 0 aromatic heterocycles. The van der Waals surface area contributed by atoms with Gasteiger partial charge in [-0.25, -0.2) is 0 Å². The molecule has 10 heteroatoms. The minimum absolute atomic E-state index is 0.00766. The van der Waals surface area contributed by atoms with E-state index in [1.54, 1.807) is 16.7 Å². The van der Waals surface area contributed by atoms with Gasteiger partial charge in [-0.3, -0.25) is 19.3 Å². The summed E-state index contributed by atoms with van der Waals surface area (Å²) in [5, 5.41) is 9.15. The van der Waals surface area contributed by atoms with Crippen LogP contribution in [0.4, 0.5) is 0 Å². The molecule has 42 heavy (non-hydrogen) atoms. The second-order valence-corrected chi connectivity index (χ2v) is 13.4. The number of hydrogen-bond acceptors (Lipinski definition) is 7. The van der Waals surface area contributed by atoms with Crippen LogP contribution < -0.4 is 0 Å². The quantitative estimate of drug-likeness (QED) is 0.326. The van der Waals surface area contributed by atoms with Crippen molar-refractivity contribution in [3.63, 3.8) is 0 Å². The van der Waals surface area contributed by atoms with Crippen molar-refractivity contribution in [2.24, 2.45) is 11.8 Å². The number of thioether (sulfide) groups is 1. The number of fused-ring (bicyclic) bond motifs is 2. The Morgan fingerprint density at radius 3 is 2.45 bits per heavy atom. The molecule has 5 aliphatic heterocycles. The molecule has 5 atom stereocenters. The molecule has 3 amide bonds. The lowest BCUT2D eigenvalue weighted by Crippen LogP contribution is -2.54. The van der Waals surface area contributed by atoms with Gasteiger partial charge in [0.25, 0.3) is 0 Å². The van der Waals surface area contributed by atoms with Crippen molar-refractivity contribution in [1.29, 1.82) is 0 Å². The van der Waals surface area contributed by atoms with Crippen LogP contribution in [0, 0.1) is 11.8 Å². The van der Waals surface area contributed by atoms with Crippen LogP contribution >= 0.6 is 11.8 Å². The number of nitrogens with zero attached hydrogens (tertiary/aromatic N) is 4. The third-order valence-corrected chi connectivity index (χ3v) is 11.1. The van der Waals surface area contributed by atoms with Crippen LogP contribution in [0.25, 0.3) is 0 Å². The van der Waals surface area contributed by atoms with E-state index in [9.17, 15) is 19.5 Å². The Hall–Kier alpha value is -2.66. The summed E-state index contributed by atoms with van der Waals surface area (Å²) in [6.45, 7) is 6.55. The van der Waals surface area contributed by atoms with Crippen molar-refractivity contribution >= 4 is 29.5 Å². The monoisotopic (exact) mass is 594 g/mol. The molecular weight excluding hydrogens is 552 g/mol. The Labute approximate surface area is 252 Å². The summed E-state index contributed by atoms with van der Waals surface area (Å²) in [6, 6.07) is 9.31. The molecule has 1 aromatic carbocycles. The standard InChI is InChI=1S/C32H42N4O5S/c37-20-6-2-5-15-36-28-31(40)34(17-16-33-18-21-41-22-19-33)14-8-12-32(28)27(30(36)39)26-25(42-32)11-7-13-35(29(26)38)23-24-9-3-1-4-10-24/h1,3-4,7-12,25-28,37H,2,5-6,13-23H2/t25-,26+,27-,28?,32-/m0/s1. The van der Waals surface area contributed by atoms with Gasteiger partial charge in [-0.1, -0.05) is 54.6 Å². The fraction of sp³-hybridized carbons (Fsp3) is 0.594. The third-order valence-electron chi connectivity index (χ3n) is 9.39. The molecular formula is C32H42N4O5S. The maximum absolute atomic E-state index is 14.4. The van der Waals surface area contributed by atoms with Crippen LogP contribution in [0.3, 0.4) is 0 Å². The first-order chi connectivity index (χ1) is 20.5. The third kappa shape index (κ3) is 5.54. The van der Waals surface area contributed by atoms with Crippen LogP contribution in [0.2, 0.25) is 0 Å². The van der Waals surface area contributed by atoms with Crippen molar-refractivity contribution in [1.82, 2.24) is 19.6 Å². The highest BCUT2D eigenvalue weighted by molar-refractivity contribution is 8.02. The molecule has 5 heterocycles. The van der Waals surface area contributed by atoms with Gasteiger partial charge in [-0.05, 0) is 24.8 Å². The summed E-state index contributed by atoms with van der Waals surface area (Å²) in [7, 11) is 0. The lowest BCUT2D eigenvalue weighted by atomic mass is 9.78. The van der Waals surface area contributed by atoms with Crippen molar-refractivity contribution in [2.45, 2.75) is 41.8 Å². The Kier molecular flexibility index (Phi) is 9.04. The van der Waals surface area contributed by atoms with E-state index in [0.717, 1.165) is 31.6 Å². The van der Waals surface area contributed by atoms with E-state index in [2.05, 4.69) is 29.2 Å². The van der Waals surface area contributed by atoms with E-state index in [-0.39, 0.29) is 29.6 Å². The molecule has 1 unspecified atom stereocenters. The fourth-order valence-electron chi connectivity index (χ4n) is 7.28. The predicted molar refractivity (Wildman–Crippen MR) is 162 cm³/mol. The zero-order valence-electron chi connectivity index (χ0n) is 24.2. The van der Waals surface area contributed by atoms with Gasteiger partial charge in [0, 0.05) is 64.2 Å². The minimum Gasteiger partial charge on any atom is -0.396 e. The summed E-state index contributed by atoms with van der Waals surface area (Å²) in [4.78, 5) is 50.9. The van der Waals surface area contributed by atoms with Crippen LogP contribution in [0.5, 0.6) is 0 Å². The average molecular weight is 595 g/mol. The molecule has 5 aliphatic rings. The number of amides is 3. The normalized spacial score (nSPS) is 31.3. The molecule has 0 radical (unpaired) electrons. The topological polar surface area (TPSA) is 93.6 Å². The number of rotatable bonds is 10. The first-order valence-corrected chi connectivity index (χ1v) is 16.3. The van der Waals surface area contributed by atoms with E-state index in [4.69, 9.17) is 4.74 Å². The zero-order valence-corrected chi connectivity index (χ0v) is 25.0. The van der Waals surface area contributed by atoms with Crippen molar-refractivity contribution in [3.8, 4) is 0 Å². The van der Waals surface area contributed by atoms with Crippen molar-refractivity contribution in [3.05, 3.63) is 60.2 Å². The van der Waals surface area contributed by atoms with Gasteiger partial charge >= 0.3 is 0 Å². The molecule has 226 valence electrons. The number of ether oxygens (including phenoxy) is 1. The number of carbonyl (C=O) groups is 3. The highest BCUT2D eigenvalue weighted by atomic mass is 32.2. The highest BCUT2D eigenvalue weighted by Crippen LogP contribution is 2.61. The molecule has 3 fully saturated rings. The summed E-state index contributed by atoms with van der Waals surface area (Å²) in [5.41, 5.74) is 1.06. The SMILES string of the molecule is O=C1C2N(CCCCCO)C(=O)[C@@H]3[C@@H]4C(=O)N(Cc5ccccc5)CC=C[C@@H]4S[C@]23C=CCN1CCN1CCOCC1. The number of unbranched alkanes of at least 4 members (excludes halogenated alkanes) is 2. The first kappa shape index (κ1) is 29.4. The number of benzene rings is 1. The summed E-state index contributed by atoms with van der Waals surface area (Å²) in [5.74, 6) is -1.23.